The van der Waals surface area contributed by atoms with Gasteiger partial charge in [-0.3, -0.25) is 4.79 Å². The molecule has 0 N–H and O–H groups in total. The van der Waals surface area contributed by atoms with E-state index < -0.39 is 0 Å². The van der Waals surface area contributed by atoms with E-state index in [1.807, 2.05) is 13.0 Å². The molecule has 0 unspecified atom stereocenters. The molecule has 0 spiro atoms. The van der Waals surface area contributed by atoms with E-state index in [4.69, 9.17) is 0 Å². The number of carbonyl (C=O) groups excluding carboxylic acids is 1. The molecule has 0 saturated carbocycles. The molecular weight excluding hydrogens is 190 g/mol. The largest absolute Gasteiger partial charge is 0.298 e. The van der Waals surface area contributed by atoms with Gasteiger partial charge in [0.2, 0.25) is 0 Å². The van der Waals surface area contributed by atoms with Gasteiger partial charge in [0.05, 0.1) is 0 Å². The minimum absolute atomic E-state index is 0.662. The van der Waals surface area contributed by atoms with E-state index in [-0.39, 0.29) is 0 Å². The Labute approximate surface area is 87.9 Å². The molecule has 2 rings (SSSR count). The lowest BCUT2D eigenvalue weighted by atomic mass is 10.2. The van der Waals surface area contributed by atoms with Crippen LogP contribution >= 0.6 is 0 Å². The normalized spacial score (nSPS) is 10.8. The molecule has 0 aliphatic rings. The quantitative estimate of drug-likeness (QED) is 0.715. The third-order valence-corrected chi connectivity index (χ3v) is 2.36. The Morgan fingerprint density at radius 3 is 3.00 bits per heavy atom. The van der Waals surface area contributed by atoms with Crippen LogP contribution in [0.4, 0.5) is 0 Å². The first-order valence-corrected chi connectivity index (χ1v) is 5.05. The Morgan fingerprint density at radius 2 is 2.33 bits per heavy atom. The van der Waals surface area contributed by atoms with Crippen molar-refractivity contribution in [3.63, 3.8) is 0 Å². The van der Waals surface area contributed by atoms with Crippen molar-refractivity contribution in [3.8, 4) is 0 Å². The maximum atomic E-state index is 10.7. The molecule has 4 nitrogen and oxygen atoms in total. The molecule has 0 bridgehead atoms. The molecule has 2 heterocycles. The summed E-state index contributed by atoms with van der Waals surface area (Å²) in [6.45, 7) is 3.99. The van der Waals surface area contributed by atoms with Crippen molar-refractivity contribution in [2.75, 3.05) is 0 Å². The van der Waals surface area contributed by atoms with Crippen LogP contribution in [0.2, 0.25) is 0 Å². The van der Waals surface area contributed by atoms with E-state index in [0.29, 0.717) is 5.56 Å². The predicted molar refractivity (Wildman–Crippen MR) is 57.1 cm³/mol. The molecule has 0 fully saturated rings. The lowest BCUT2D eigenvalue weighted by molar-refractivity contribution is 0.112. The summed E-state index contributed by atoms with van der Waals surface area (Å²) in [6, 6.07) is 1.88. The maximum Gasteiger partial charge on any atom is 0.155 e. The highest BCUT2D eigenvalue weighted by atomic mass is 16.1. The van der Waals surface area contributed by atoms with Gasteiger partial charge in [-0.25, -0.2) is 9.50 Å². The fourth-order valence-electron chi connectivity index (χ4n) is 1.54. The van der Waals surface area contributed by atoms with Crippen LogP contribution in [-0.4, -0.2) is 20.9 Å². The number of hydrogen-bond donors (Lipinski definition) is 0. The van der Waals surface area contributed by atoms with Crippen molar-refractivity contribution in [3.05, 3.63) is 29.2 Å². The standard InChI is InChI=1S/C11H13N3O/c1-3-4-10-12-11-5-8(2)9(7-15)6-14(11)13-10/h5-7H,3-4H2,1-2H3. The monoisotopic (exact) mass is 203 g/mol. The molecule has 2 aromatic heterocycles. The van der Waals surface area contributed by atoms with E-state index in [0.717, 1.165) is 36.2 Å². The fourth-order valence-corrected chi connectivity index (χ4v) is 1.54. The highest BCUT2D eigenvalue weighted by Gasteiger charge is 2.05. The van der Waals surface area contributed by atoms with Gasteiger partial charge in [-0.1, -0.05) is 6.92 Å². The molecule has 15 heavy (non-hydrogen) atoms. The summed E-state index contributed by atoms with van der Waals surface area (Å²) in [5.41, 5.74) is 2.41. The molecule has 2 aromatic rings. The zero-order valence-electron chi connectivity index (χ0n) is 8.90. The zero-order valence-corrected chi connectivity index (χ0v) is 8.90. The molecule has 0 aliphatic heterocycles. The van der Waals surface area contributed by atoms with Crippen LogP contribution in [0.1, 0.15) is 35.1 Å². The van der Waals surface area contributed by atoms with Gasteiger partial charge in [0.15, 0.2) is 17.8 Å². The second-order valence-electron chi connectivity index (χ2n) is 3.61. The number of carbonyl (C=O) groups is 1. The first-order chi connectivity index (χ1) is 7.24. The zero-order chi connectivity index (χ0) is 10.8. The third kappa shape index (κ3) is 1.75. The van der Waals surface area contributed by atoms with Gasteiger partial charge in [-0.15, -0.1) is 0 Å². The van der Waals surface area contributed by atoms with Gasteiger partial charge in [-0.2, -0.15) is 5.10 Å². The van der Waals surface area contributed by atoms with Gasteiger partial charge >= 0.3 is 0 Å². The minimum atomic E-state index is 0.662. The van der Waals surface area contributed by atoms with Crippen molar-refractivity contribution in [2.45, 2.75) is 26.7 Å². The van der Waals surface area contributed by atoms with Crippen molar-refractivity contribution < 1.29 is 4.79 Å². The Morgan fingerprint density at radius 1 is 1.53 bits per heavy atom. The second-order valence-corrected chi connectivity index (χ2v) is 3.61. The Bertz CT molecular complexity index is 502. The van der Waals surface area contributed by atoms with Gasteiger partial charge in [0.1, 0.15) is 0 Å². The molecule has 78 valence electrons. The van der Waals surface area contributed by atoms with Crippen LogP contribution in [0.15, 0.2) is 12.3 Å². The van der Waals surface area contributed by atoms with Crippen molar-refractivity contribution in [1.82, 2.24) is 14.6 Å². The van der Waals surface area contributed by atoms with Crippen LogP contribution in [0.5, 0.6) is 0 Å². The lowest BCUT2D eigenvalue weighted by Crippen LogP contribution is -1.94. The summed E-state index contributed by atoms with van der Waals surface area (Å²) < 4.78 is 1.67. The summed E-state index contributed by atoms with van der Waals surface area (Å²) in [4.78, 5) is 15.1. The Hall–Kier alpha value is -1.71. The SMILES string of the molecule is CCCc1nc2cc(C)c(C=O)cn2n1. The first kappa shape index (κ1) is 9.83. The fraction of sp³-hybridized carbons (Fsp3) is 0.364. The smallest absolute Gasteiger partial charge is 0.155 e. The molecular formula is C11H13N3O. The average Bonchev–Trinajstić information content (AvgIpc) is 2.58. The molecule has 0 aliphatic carbocycles. The van der Waals surface area contributed by atoms with Crippen molar-refractivity contribution in [1.29, 1.82) is 0 Å². The van der Waals surface area contributed by atoms with E-state index in [2.05, 4.69) is 17.0 Å². The number of hydrogen-bond acceptors (Lipinski definition) is 3. The summed E-state index contributed by atoms with van der Waals surface area (Å²) in [5.74, 6) is 0.833. The van der Waals surface area contributed by atoms with Crippen LogP contribution in [0.3, 0.4) is 0 Å². The van der Waals surface area contributed by atoms with Crippen LogP contribution in [0, 0.1) is 6.92 Å². The number of nitrogens with zero attached hydrogens (tertiary/aromatic N) is 3. The number of aldehydes is 1. The lowest BCUT2D eigenvalue weighted by Gasteiger charge is -1.97. The topological polar surface area (TPSA) is 47.3 Å². The first-order valence-electron chi connectivity index (χ1n) is 5.05. The second kappa shape index (κ2) is 3.81. The van der Waals surface area contributed by atoms with Crippen molar-refractivity contribution >= 4 is 11.9 Å². The molecule has 0 radical (unpaired) electrons. The van der Waals surface area contributed by atoms with Gasteiger partial charge < -0.3 is 0 Å². The van der Waals surface area contributed by atoms with Gasteiger partial charge in [0, 0.05) is 18.2 Å². The van der Waals surface area contributed by atoms with E-state index in [1.165, 1.54) is 0 Å². The molecule has 4 heteroatoms. The van der Waals surface area contributed by atoms with Gasteiger partial charge in [-0.05, 0) is 25.0 Å². The van der Waals surface area contributed by atoms with E-state index in [1.54, 1.807) is 10.7 Å². The number of rotatable bonds is 3. The molecule has 0 atom stereocenters. The Kier molecular flexibility index (Phi) is 2.49. The summed E-state index contributed by atoms with van der Waals surface area (Å²) in [6.07, 6.45) is 4.47. The minimum Gasteiger partial charge on any atom is -0.298 e. The number of aromatic nitrogens is 3. The predicted octanol–water partition coefficient (Wildman–Crippen LogP) is 1.80. The van der Waals surface area contributed by atoms with Crippen molar-refractivity contribution in [2.24, 2.45) is 0 Å². The van der Waals surface area contributed by atoms with Crippen LogP contribution in [0.25, 0.3) is 5.65 Å². The van der Waals surface area contributed by atoms with Crippen LogP contribution < -0.4 is 0 Å². The highest BCUT2D eigenvalue weighted by molar-refractivity contribution is 5.77. The molecule has 0 amide bonds. The van der Waals surface area contributed by atoms with Crippen LogP contribution in [-0.2, 0) is 6.42 Å². The third-order valence-electron chi connectivity index (χ3n) is 2.36. The summed E-state index contributed by atoms with van der Waals surface area (Å²) >= 11 is 0. The molecule has 0 saturated heterocycles. The summed E-state index contributed by atoms with van der Waals surface area (Å²) in [5, 5.41) is 4.30. The average molecular weight is 203 g/mol. The number of pyridine rings is 1. The summed E-state index contributed by atoms with van der Waals surface area (Å²) in [7, 11) is 0. The number of fused-ring (bicyclic) bond motifs is 1. The Balaban J connectivity index is 2.56. The number of aryl methyl sites for hydroxylation is 2. The van der Waals surface area contributed by atoms with E-state index in [9.17, 15) is 4.79 Å². The maximum absolute atomic E-state index is 10.7. The molecule has 0 aromatic carbocycles. The highest BCUT2D eigenvalue weighted by Crippen LogP contribution is 2.09. The van der Waals surface area contributed by atoms with Gasteiger partial charge in [0.25, 0.3) is 0 Å². The van der Waals surface area contributed by atoms with E-state index >= 15 is 0 Å².